The number of hydrogen-bond donors (Lipinski definition) is 2. The quantitative estimate of drug-likeness (QED) is 0.618. The van der Waals surface area contributed by atoms with Gasteiger partial charge in [-0.1, -0.05) is 23.7 Å². The first-order valence-corrected chi connectivity index (χ1v) is 9.40. The fraction of sp³-hybridized carbons (Fsp3) is 0.0909. The minimum atomic E-state index is -0.383. The van der Waals surface area contributed by atoms with Crippen molar-refractivity contribution in [1.82, 2.24) is 0 Å². The van der Waals surface area contributed by atoms with E-state index < -0.39 is 0 Å². The van der Waals surface area contributed by atoms with Crippen LogP contribution in [0.1, 0.15) is 10.4 Å². The Bertz CT molecular complexity index is 1130. The lowest BCUT2D eigenvalue weighted by molar-refractivity contribution is -0.118. The Morgan fingerprint density at radius 1 is 1.07 bits per heavy atom. The van der Waals surface area contributed by atoms with E-state index in [9.17, 15) is 9.59 Å². The number of fused-ring (bicyclic) bond motifs is 2. The monoisotopic (exact) mass is 424 g/mol. The summed E-state index contributed by atoms with van der Waals surface area (Å²) in [7, 11) is 1.53. The third kappa shape index (κ3) is 4.16. The highest BCUT2D eigenvalue weighted by Crippen LogP contribution is 2.38. The first kappa shape index (κ1) is 19.6. The van der Waals surface area contributed by atoms with Crippen LogP contribution in [0.5, 0.6) is 23.0 Å². The number of anilines is 2. The number of amides is 2. The summed E-state index contributed by atoms with van der Waals surface area (Å²) in [6.45, 7) is -0.218. The molecule has 0 atom stereocenters. The highest BCUT2D eigenvalue weighted by Gasteiger charge is 2.22. The number of methoxy groups -OCH3 is 1. The fourth-order valence-corrected chi connectivity index (χ4v) is 3.12. The average Bonchev–Trinajstić information content (AvgIpc) is 2.88. The van der Waals surface area contributed by atoms with Crippen molar-refractivity contribution < 1.29 is 23.8 Å². The van der Waals surface area contributed by atoms with Crippen LogP contribution >= 0.6 is 11.6 Å². The highest BCUT2D eigenvalue weighted by molar-refractivity contribution is 6.31. The molecular formula is C22H17ClN2O5. The number of nitrogens with one attached hydrogen (secondary N) is 2. The second-order valence-electron chi connectivity index (χ2n) is 6.40. The van der Waals surface area contributed by atoms with Crippen LogP contribution in [0.2, 0.25) is 5.02 Å². The Morgan fingerprint density at radius 3 is 2.63 bits per heavy atom. The molecule has 8 heteroatoms. The molecule has 1 heterocycles. The van der Waals surface area contributed by atoms with E-state index in [-0.39, 0.29) is 24.0 Å². The number of carbonyl (C=O) groups is 2. The van der Waals surface area contributed by atoms with Crippen LogP contribution in [0.3, 0.4) is 0 Å². The Hall–Kier alpha value is -3.71. The van der Waals surface area contributed by atoms with Crippen molar-refractivity contribution in [2.24, 2.45) is 0 Å². The van der Waals surface area contributed by atoms with Gasteiger partial charge in [-0.05, 0) is 48.5 Å². The van der Waals surface area contributed by atoms with Crippen LogP contribution in [0.4, 0.5) is 11.4 Å². The van der Waals surface area contributed by atoms with Gasteiger partial charge in [-0.25, -0.2) is 0 Å². The lowest BCUT2D eigenvalue weighted by atomic mass is 10.1. The van der Waals surface area contributed by atoms with Crippen LogP contribution in [-0.4, -0.2) is 25.5 Å². The average molecular weight is 425 g/mol. The summed E-state index contributed by atoms with van der Waals surface area (Å²) >= 11 is 5.99. The SMILES string of the molecule is COc1ccccc1OCC(=O)Nc1ccc2c(c1)C(=O)Nc1cc(Cl)ccc1O2. The maximum absolute atomic E-state index is 12.6. The molecule has 0 unspecified atom stereocenters. The predicted molar refractivity (Wildman–Crippen MR) is 113 cm³/mol. The van der Waals surface area contributed by atoms with Crippen molar-refractivity contribution in [3.05, 3.63) is 71.2 Å². The molecule has 0 radical (unpaired) electrons. The topological polar surface area (TPSA) is 85.9 Å². The second-order valence-corrected chi connectivity index (χ2v) is 6.83. The van der Waals surface area contributed by atoms with Crippen LogP contribution in [0, 0.1) is 0 Å². The molecular weight excluding hydrogens is 408 g/mol. The van der Waals surface area contributed by atoms with Crippen molar-refractivity contribution in [1.29, 1.82) is 0 Å². The molecule has 0 saturated heterocycles. The summed E-state index contributed by atoms with van der Waals surface area (Å²) in [6.07, 6.45) is 0. The van der Waals surface area contributed by atoms with Crippen molar-refractivity contribution in [3.8, 4) is 23.0 Å². The third-order valence-electron chi connectivity index (χ3n) is 4.35. The van der Waals surface area contributed by atoms with Crippen LogP contribution in [0.15, 0.2) is 60.7 Å². The lowest BCUT2D eigenvalue weighted by Crippen LogP contribution is -2.20. The molecule has 0 saturated carbocycles. The van der Waals surface area contributed by atoms with Gasteiger partial charge in [-0.2, -0.15) is 0 Å². The first-order chi connectivity index (χ1) is 14.5. The minimum Gasteiger partial charge on any atom is -0.493 e. The number of rotatable bonds is 5. The maximum atomic E-state index is 12.6. The van der Waals surface area contributed by atoms with E-state index in [2.05, 4.69) is 10.6 Å². The summed E-state index contributed by atoms with van der Waals surface area (Å²) in [5, 5.41) is 5.95. The van der Waals surface area contributed by atoms with E-state index in [0.29, 0.717) is 39.4 Å². The maximum Gasteiger partial charge on any atom is 0.262 e. The van der Waals surface area contributed by atoms with E-state index in [1.807, 2.05) is 0 Å². The van der Waals surface area contributed by atoms with E-state index in [4.69, 9.17) is 25.8 Å². The molecule has 1 aliphatic rings. The smallest absolute Gasteiger partial charge is 0.262 e. The molecule has 4 rings (SSSR count). The van der Waals surface area contributed by atoms with E-state index in [0.717, 1.165) is 0 Å². The molecule has 0 aliphatic carbocycles. The van der Waals surface area contributed by atoms with E-state index in [1.54, 1.807) is 60.7 Å². The largest absolute Gasteiger partial charge is 0.493 e. The van der Waals surface area contributed by atoms with Gasteiger partial charge in [0.2, 0.25) is 0 Å². The van der Waals surface area contributed by atoms with Gasteiger partial charge >= 0.3 is 0 Å². The summed E-state index contributed by atoms with van der Waals surface area (Å²) in [6, 6.07) is 16.8. The first-order valence-electron chi connectivity index (χ1n) is 9.02. The molecule has 2 amide bonds. The minimum absolute atomic E-state index is 0.218. The molecule has 0 fully saturated rings. The Morgan fingerprint density at radius 2 is 1.83 bits per heavy atom. The van der Waals surface area contributed by atoms with E-state index >= 15 is 0 Å². The third-order valence-corrected chi connectivity index (χ3v) is 4.58. The van der Waals surface area contributed by atoms with Crippen molar-refractivity contribution >= 4 is 34.8 Å². The van der Waals surface area contributed by atoms with Gasteiger partial charge in [0.05, 0.1) is 18.4 Å². The molecule has 30 heavy (non-hydrogen) atoms. The predicted octanol–water partition coefficient (Wildman–Crippen LogP) is 4.72. The fourth-order valence-electron chi connectivity index (χ4n) is 2.95. The zero-order valence-electron chi connectivity index (χ0n) is 15.9. The molecule has 0 bridgehead atoms. The zero-order valence-corrected chi connectivity index (χ0v) is 16.7. The lowest BCUT2D eigenvalue weighted by Gasteiger charge is -2.12. The Balaban J connectivity index is 1.47. The molecule has 0 aromatic heterocycles. The Kier molecular flexibility index (Phi) is 5.45. The number of halogens is 1. The number of ether oxygens (including phenoxy) is 3. The van der Waals surface area contributed by atoms with Gasteiger partial charge in [0.15, 0.2) is 23.9 Å². The normalized spacial score (nSPS) is 11.9. The molecule has 0 spiro atoms. The molecule has 152 valence electrons. The molecule has 7 nitrogen and oxygen atoms in total. The van der Waals surface area contributed by atoms with Gasteiger partial charge in [0, 0.05) is 10.7 Å². The number of para-hydroxylation sites is 2. The van der Waals surface area contributed by atoms with Gasteiger partial charge in [0.1, 0.15) is 5.75 Å². The summed E-state index contributed by atoms with van der Waals surface area (Å²) in [5.74, 6) is 1.09. The van der Waals surface area contributed by atoms with Gasteiger partial charge in [0.25, 0.3) is 11.8 Å². The standard InChI is InChI=1S/C22H17ClN2O5/c1-28-19-4-2-3-5-20(19)29-12-21(26)24-14-7-9-17-15(11-14)22(27)25-16-10-13(23)6-8-18(16)30-17/h2-11H,12H2,1H3,(H,24,26)(H,25,27). The summed E-state index contributed by atoms with van der Waals surface area (Å²) in [5.41, 5.74) is 1.19. The highest BCUT2D eigenvalue weighted by atomic mass is 35.5. The summed E-state index contributed by atoms with van der Waals surface area (Å²) in [4.78, 5) is 24.9. The van der Waals surface area contributed by atoms with Crippen molar-refractivity contribution in [2.75, 3.05) is 24.4 Å². The number of carbonyl (C=O) groups excluding carboxylic acids is 2. The number of hydrogen-bond acceptors (Lipinski definition) is 5. The van der Waals surface area contributed by atoms with Crippen LogP contribution in [0.25, 0.3) is 0 Å². The molecule has 3 aromatic rings. The van der Waals surface area contributed by atoms with Crippen LogP contribution in [-0.2, 0) is 4.79 Å². The molecule has 3 aromatic carbocycles. The van der Waals surface area contributed by atoms with Crippen molar-refractivity contribution in [2.45, 2.75) is 0 Å². The number of benzene rings is 3. The molecule has 1 aliphatic heterocycles. The van der Waals surface area contributed by atoms with E-state index in [1.165, 1.54) is 7.11 Å². The van der Waals surface area contributed by atoms with Gasteiger partial charge in [-0.15, -0.1) is 0 Å². The second kappa shape index (κ2) is 8.34. The van der Waals surface area contributed by atoms with Gasteiger partial charge in [-0.3, -0.25) is 9.59 Å². The zero-order chi connectivity index (χ0) is 21.1. The van der Waals surface area contributed by atoms with Gasteiger partial charge < -0.3 is 24.8 Å². The van der Waals surface area contributed by atoms with Crippen molar-refractivity contribution in [3.63, 3.8) is 0 Å². The Labute approximate surface area is 177 Å². The summed E-state index contributed by atoms with van der Waals surface area (Å²) < 4.78 is 16.5. The molecule has 2 N–H and O–H groups in total. The van der Waals surface area contributed by atoms with Crippen LogP contribution < -0.4 is 24.8 Å².